The van der Waals surface area contributed by atoms with E-state index in [2.05, 4.69) is 10.3 Å². The minimum Gasteiger partial charge on any atom is -0.487 e. The highest BCUT2D eigenvalue weighted by Gasteiger charge is 2.22. The van der Waals surface area contributed by atoms with Crippen LogP contribution < -0.4 is 10.1 Å². The minimum absolute atomic E-state index is 0.0939. The predicted octanol–water partition coefficient (Wildman–Crippen LogP) is 5.57. The number of hydrogen-bond acceptors (Lipinski definition) is 5. The topological polar surface area (TPSA) is 71.5 Å². The Labute approximate surface area is 201 Å². The molecule has 2 aromatic carbocycles. The molecule has 170 valence electrons. The number of likely N-dealkylation sites (tertiary alicyclic amines) is 1. The third-order valence-electron chi connectivity index (χ3n) is 5.20. The molecule has 1 aromatic heterocycles. The molecule has 2 amide bonds. The second-order valence-corrected chi connectivity index (χ2v) is 9.23. The molecule has 3 aromatic rings. The molecular formula is C25H24ClN3O3S. The fourth-order valence-corrected chi connectivity index (χ4v) is 4.35. The summed E-state index contributed by atoms with van der Waals surface area (Å²) >= 11 is 7.70. The number of ether oxygens (including phenoxy) is 1. The summed E-state index contributed by atoms with van der Waals surface area (Å²) in [5, 5.41) is 6.22. The lowest BCUT2D eigenvalue weighted by Crippen LogP contribution is -2.28. The molecule has 0 atom stereocenters. The molecule has 1 aliphatic rings. The lowest BCUT2D eigenvalue weighted by molar-refractivity contribution is -0.111. The highest BCUT2D eigenvalue weighted by atomic mass is 35.5. The smallest absolute Gasteiger partial charge is 0.255 e. The maximum atomic E-state index is 12.8. The number of nitrogens with zero attached hydrogens (tertiary/aromatic N) is 2. The molecule has 1 saturated heterocycles. The molecule has 0 aliphatic carbocycles. The van der Waals surface area contributed by atoms with E-state index in [1.165, 1.54) is 6.08 Å². The van der Waals surface area contributed by atoms with Crippen LogP contribution >= 0.6 is 22.9 Å². The van der Waals surface area contributed by atoms with Crippen LogP contribution in [0.5, 0.6) is 5.75 Å². The van der Waals surface area contributed by atoms with Crippen LogP contribution in [-0.2, 0) is 11.4 Å². The van der Waals surface area contributed by atoms with Crippen molar-refractivity contribution in [2.75, 3.05) is 18.4 Å². The van der Waals surface area contributed by atoms with Gasteiger partial charge in [-0.2, -0.15) is 0 Å². The molecule has 2 heterocycles. The zero-order valence-corrected chi connectivity index (χ0v) is 19.8. The molecular weight excluding hydrogens is 458 g/mol. The lowest BCUT2D eigenvalue weighted by Gasteiger charge is -2.18. The van der Waals surface area contributed by atoms with Gasteiger partial charge in [-0.15, -0.1) is 11.3 Å². The maximum Gasteiger partial charge on any atom is 0.255 e. The number of rotatable bonds is 7. The van der Waals surface area contributed by atoms with E-state index in [0.717, 1.165) is 42.2 Å². The van der Waals surface area contributed by atoms with E-state index < -0.39 is 0 Å². The van der Waals surface area contributed by atoms with E-state index in [1.807, 2.05) is 36.6 Å². The first-order valence-corrected chi connectivity index (χ1v) is 12.0. The van der Waals surface area contributed by atoms with Crippen molar-refractivity contribution in [3.63, 3.8) is 0 Å². The number of anilines is 1. The molecule has 33 heavy (non-hydrogen) atoms. The van der Waals surface area contributed by atoms with Gasteiger partial charge in [-0.25, -0.2) is 4.98 Å². The molecule has 0 bridgehead atoms. The van der Waals surface area contributed by atoms with Crippen molar-refractivity contribution in [3.8, 4) is 5.75 Å². The third-order valence-corrected chi connectivity index (χ3v) is 6.26. The molecule has 4 rings (SSSR count). The number of amides is 2. The number of aromatic nitrogens is 1. The fourth-order valence-electron chi connectivity index (χ4n) is 3.58. The second kappa shape index (κ2) is 10.6. The minimum atomic E-state index is -0.350. The van der Waals surface area contributed by atoms with Crippen molar-refractivity contribution in [3.05, 3.63) is 80.8 Å². The van der Waals surface area contributed by atoms with Gasteiger partial charge in [0.15, 0.2) is 0 Å². The van der Waals surface area contributed by atoms with Crippen molar-refractivity contribution in [2.24, 2.45) is 0 Å². The highest BCUT2D eigenvalue weighted by Crippen LogP contribution is 2.24. The molecule has 0 unspecified atom stereocenters. The Balaban J connectivity index is 1.41. The molecule has 1 fully saturated rings. The van der Waals surface area contributed by atoms with Crippen LogP contribution in [0, 0.1) is 6.92 Å². The number of nitrogens with one attached hydrogen (secondary N) is 1. The van der Waals surface area contributed by atoms with Crippen LogP contribution in [-0.4, -0.2) is 34.8 Å². The number of aryl methyl sites for hydroxylation is 1. The highest BCUT2D eigenvalue weighted by molar-refractivity contribution is 7.09. The Hall–Kier alpha value is -3.16. The van der Waals surface area contributed by atoms with E-state index in [4.69, 9.17) is 16.3 Å². The monoisotopic (exact) mass is 481 g/mol. The van der Waals surface area contributed by atoms with Gasteiger partial charge in [0, 0.05) is 29.6 Å². The standard InChI is InChI=1S/C25H24ClN3O3S/c1-17-27-20(16-33-17)15-32-21-6-4-5-18(13-21)7-10-24(30)28-23-14-19(26)8-9-22(23)25(31)29-11-2-3-12-29/h4-10,13-14,16H,2-3,11-12,15H2,1H3,(H,28,30)/b10-7+. The summed E-state index contributed by atoms with van der Waals surface area (Å²) in [6.45, 7) is 3.81. The van der Waals surface area contributed by atoms with Crippen LogP contribution in [0.1, 0.15) is 39.5 Å². The summed E-state index contributed by atoms with van der Waals surface area (Å²) in [7, 11) is 0. The average molecular weight is 482 g/mol. The summed E-state index contributed by atoms with van der Waals surface area (Å²) < 4.78 is 5.81. The molecule has 8 heteroatoms. The lowest BCUT2D eigenvalue weighted by atomic mass is 10.1. The average Bonchev–Trinajstić information content (AvgIpc) is 3.48. The van der Waals surface area contributed by atoms with Crippen molar-refractivity contribution >= 4 is 46.5 Å². The molecule has 0 radical (unpaired) electrons. The Morgan fingerprint density at radius 3 is 2.79 bits per heavy atom. The first kappa shape index (κ1) is 23.0. The Morgan fingerprint density at radius 1 is 1.21 bits per heavy atom. The zero-order chi connectivity index (χ0) is 23.2. The van der Waals surface area contributed by atoms with E-state index in [-0.39, 0.29) is 11.8 Å². The molecule has 1 aliphatic heterocycles. The van der Waals surface area contributed by atoms with Crippen LogP contribution in [0.4, 0.5) is 5.69 Å². The summed E-state index contributed by atoms with van der Waals surface area (Å²) in [5.74, 6) is 0.247. The number of hydrogen-bond donors (Lipinski definition) is 1. The van der Waals surface area contributed by atoms with Crippen LogP contribution in [0.3, 0.4) is 0 Å². The summed E-state index contributed by atoms with van der Waals surface area (Å²) in [6, 6.07) is 12.4. The summed E-state index contributed by atoms with van der Waals surface area (Å²) in [6.07, 6.45) is 5.11. The fraction of sp³-hybridized carbons (Fsp3) is 0.240. The van der Waals surface area contributed by atoms with Gasteiger partial charge < -0.3 is 15.0 Å². The van der Waals surface area contributed by atoms with Gasteiger partial charge in [0.25, 0.3) is 5.91 Å². The third kappa shape index (κ3) is 6.21. The van der Waals surface area contributed by atoms with Crippen molar-refractivity contribution < 1.29 is 14.3 Å². The Morgan fingerprint density at radius 2 is 2.03 bits per heavy atom. The molecule has 1 N–H and O–H groups in total. The number of thiazole rings is 1. The van der Waals surface area contributed by atoms with E-state index >= 15 is 0 Å². The maximum absolute atomic E-state index is 12.8. The van der Waals surface area contributed by atoms with Gasteiger partial charge in [0.05, 0.1) is 22.0 Å². The zero-order valence-electron chi connectivity index (χ0n) is 18.2. The van der Waals surface area contributed by atoms with Gasteiger partial charge in [-0.1, -0.05) is 23.7 Å². The molecule has 0 spiro atoms. The van der Waals surface area contributed by atoms with E-state index in [1.54, 1.807) is 40.5 Å². The van der Waals surface area contributed by atoms with Crippen molar-refractivity contribution in [1.29, 1.82) is 0 Å². The van der Waals surface area contributed by atoms with Gasteiger partial charge in [0.1, 0.15) is 12.4 Å². The van der Waals surface area contributed by atoms with E-state index in [0.29, 0.717) is 28.6 Å². The summed E-state index contributed by atoms with van der Waals surface area (Å²) in [4.78, 5) is 31.6. The number of halogens is 1. The van der Waals surface area contributed by atoms with Gasteiger partial charge in [0.2, 0.25) is 5.91 Å². The Bertz CT molecular complexity index is 1190. The van der Waals surface area contributed by atoms with Crippen LogP contribution in [0.15, 0.2) is 53.9 Å². The van der Waals surface area contributed by atoms with Crippen molar-refractivity contribution in [1.82, 2.24) is 9.88 Å². The van der Waals surface area contributed by atoms with Crippen molar-refractivity contribution in [2.45, 2.75) is 26.4 Å². The Kier molecular flexibility index (Phi) is 7.42. The molecule has 6 nitrogen and oxygen atoms in total. The SMILES string of the molecule is Cc1nc(COc2cccc(/C=C/C(=O)Nc3cc(Cl)ccc3C(=O)N3CCCC3)c2)cs1. The van der Waals surface area contributed by atoms with Gasteiger partial charge in [-0.05, 0) is 61.7 Å². The number of carbonyl (C=O) groups is 2. The van der Waals surface area contributed by atoms with Crippen LogP contribution in [0.25, 0.3) is 6.08 Å². The first-order valence-electron chi connectivity index (χ1n) is 10.7. The predicted molar refractivity (Wildman–Crippen MR) is 132 cm³/mol. The van der Waals surface area contributed by atoms with E-state index in [9.17, 15) is 9.59 Å². The van der Waals surface area contributed by atoms with Gasteiger partial charge in [-0.3, -0.25) is 9.59 Å². The normalized spacial score (nSPS) is 13.5. The summed E-state index contributed by atoms with van der Waals surface area (Å²) in [5.41, 5.74) is 2.55. The largest absolute Gasteiger partial charge is 0.487 e. The quantitative estimate of drug-likeness (QED) is 0.448. The number of carbonyl (C=O) groups excluding carboxylic acids is 2. The van der Waals surface area contributed by atoms with Gasteiger partial charge >= 0.3 is 0 Å². The first-order chi connectivity index (χ1) is 16.0. The number of benzene rings is 2. The molecule has 0 saturated carbocycles. The second-order valence-electron chi connectivity index (χ2n) is 7.73. The van der Waals surface area contributed by atoms with Crippen LogP contribution in [0.2, 0.25) is 5.02 Å².